The lowest BCUT2D eigenvalue weighted by Crippen LogP contribution is -2.69. The number of carbonyl (C=O) groups excluding carboxylic acids is 1. The van der Waals surface area contributed by atoms with Gasteiger partial charge in [0.1, 0.15) is 12.7 Å². The minimum absolute atomic E-state index is 0.00781. The summed E-state index contributed by atoms with van der Waals surface area (Å²) < 4.78 is 23.0. The lowest BCUT2D eigenvalue weighted by molar-refractivity contribution is -0.298. The molecule has 0 aromatic heterocycles. The van der Waals surface area contributed by atoms with Crippen molar-refractivity contribution in [1.29, 1.82) is 0 Å². The maximum atomic E-state index is 12.4. The van der Waals surface area contributed by atoms with Gasteiger partial charge in [0.05, 0.1) is 36.1 Å². The Morgan fingerprint density at radius 2 is 1.85 bits per heavy atom. The highest BCUT2D eigenvalue weighted by molar-refractivity contribution is 5.85. The van der Waals surface area contributed by atoms with E-state index in [4.69, 9.17) is 18.9 Å². The van der Waals surface area contributed by atoms with Gasteiger partial charge in [-0.3, -0.25) is 0 Å². The molecule has 0 unspecified atom stereocenters. The van der Waals surface area contributed by atoms with E-state index in [2.05, 4.69) is 6.92 Å². The number of methoxy groups -OCH3 is 1. The molecule has 4 aliphatic carbocycles. The van der Waals surface area contributed by atoms with Crippen LogP contribution < -0.4 is 0 Å². The molecule has 1 saturated heterocycles. The summed E-state index contributed by atoms with van der Waals surface area (Å²) in [6.45, 7) is 4.19. The fourth-order valence-electron chi connectivity index (χ4n) is 10.2. The topological polar surface area (TPSA) is 135 Å². The highest BCUT2D eigenvalue weighted by Gasteiger charge is 2.71. The molecule has 6 rings (SSSR count). The van der Waals surface area contributed by atoms with E-state index in [-0.39, 0.29) is 48.0 Å². The second-order valence-electron chi connectivity index (χ2n) is 13.7. The first-order chi connectivity index (χ1) is 18.5. The third-order valence-electron chi connectivity index (χ3n) is 12.3. The van der Waals surface area contributed by atoms with E-state index in [1.807, 2.05) is 6.92 Å². The molecular formula is C30H46O9. The third-order valence-corrected chi connectivity index (χ3v) is 12.3. The van der Waals surface area contributed by atoms with E-state index in [1.54, 1.807) is 13.2 Å². The number of aliphatic hydroxyl groups excluding tert-OH is 2. The number of hydrogen-bond donors (Lipinski definition) is 4. The van der Waals surface area contributed by atoms with Gasteiger partial charge in [-0.05, 0) is 81.6 Å². The summed E-state index contributed by atoms with van der Waals surface area (Å²) in [6, 6.07) is 0. The van der Waals surface area contributed by atoms with E-state index in [0.29, 0.717) is 51.6 Å². The van der Waals surface area contributed by atoms with Crippen molar-refractivity contribution in [3.63, 3.8) is 0 Å². The van der Waals surface area contributed by atoms with Crippen LogP contribution in [-0.2, 0) is 23.7 Å². The molecule has 0 aromatic carbocycles. The van der Waals surface area contributed by atoms with Crippen LogP contribution in [0.15, 0.2) is 11.6 Å². The van der Waals surface area contributed by atoms with Gasteiger partial charge in [0, 0.05) is 36.9 Å². The SMILES string of the molecule is CO[C@H]1C[C@H](O[C@H]2CC[C@]3(CO)[C@H]4CC[C@]5(C)[C@@H](C6=CC(=O)OC6)CC[C@]5(O)[C@@H]4CC[C@]3(O)C2)O[C@H](C)[C@@H]1O. The summed E-state index contributed by atoms with van der Waals surface area (Å²) in [5, 5.41) is 45.9. The highest BCUT2D eigenvalue weighted by atomic mass is 16.7. The van der Waals surface area contributed by atoms with Gasteiger partial charge in [-0.15, -0.1) is 0 Å². The number of ether oxygens (including phenoxy) is 4. The summed E-state index contributed by atoms with van der Waals surface area (Å²) in [4.78, 5) is 11.8. The van der Waals surface area contributed by atoms with Gasteiger partial charge in [-0.2, -0.15) is 0 Å². The van der Waals surface area contributed by atoms with Gasteiger partial charge >= 0.3 is 5.97 Å². The second-order valence-corrected chi connectivity index (χ2v) is 13.7. The number of rotatable bonds is 5. The van der Waals surface area contributed by atoms with Crippen molar-refractivity contribution in [1.82, 2.24) is 0 Å². The predicted molar refractivity (Wildman–Crippen MR) is 139 cm³/mol. The first kappa shape index (κ1) is 28.1. The number of aliphatic hydroxyl groups is 4. The molecule has 5 fully saturated rings. The van der Waals surface area contributed by atoms with Crippen LogP contribution >= 0.6 is 0 Å². The van der Waals surface area contributed by atoms with Gasteiger partial charge in [0.2, 0.25) is 0 Å². The van der Waals surface area contributed by atoms with Gasteiger partial charge < -0.3 is 39.4 Å². The molecular weight excluding hydrogens is 504 g/mol. The molecule has 0 bridgehead atoms. The first-order valence-corrected chi connectivity index (χ1v) is 14.9. The molecule has 9 nitrogen and oxygen atoms in total. The third kappa shape index (κ3) is 4.02. The summed E-state index contributed by atoms with van der Waals surface area (Å²) in [5.41, 5.74) is -2.06. The quantitative estimate of drug-likeness (QED) is 0.300. The average Bonchev–Trinajstić information content (AvgIpc) is 3.45. The van der Waals surface area contributed by atoms with Gasteiger partial charge in [-0.1, -0.05) is 6.92 Å². The fourth-order valence-corrected chi connectivity index (χ4v) is 10.2. The van der Waals surface area contributed by atoms with Crippen molar-refractivity contribution in [3.8, 4) is 0 Å². The Labute approximate surface area is 230 Å². The molecule has 9 heteroatoms. The molecule has 0 aromatic rings. The Kier molecular flexibility index (Phi) is 7.02. The van der Waals surface area contributed by atoms with Gasteiger partial charge in [-0.25, -0.2) is 4.79 Å². The minimum Gasteiger partial charge on any atom is -0.458 e. The Hall–Kier alpha value is -1.07. The second kappa shape index (κ2) is 9.75. The van der Waals surface area contributed by atoms with Crippen molar-refractivity contribution in [3.05, 3.63) is 11.6 Å². The molecule has 220 valence electrons. The number of carbonyl (C=O) groups is 1. The summed E-state index contributed by atoms with van der Waals surface area (Å²) in [5.74, 6) is -0.192. The zero-order valence-corrected chi connectivity index (χ0v) is 23.5. The number of fused-ring (bicyclic) bond motifs is 5. The molecule has 2 heterocycles. The number of cyclic esters (lactones) is 1. The highest BCUT2D eigenvalue weighted by Crippen LogP contribution is 2.70. The fraction of sp³-hybridized carbons (Fsp3) is 0.900. The molecule has 0 spiro atoms. The molecule has 4 N–H and O–H groups in total. The maximum Gasteiger partial charge on any atom is 0.331 e. The molecule has 12 atom stereocenters. The van der Waals surface area contributed by atoms with Crippen LogP contribution in [0, 0.1) is 28.6 Å². The molecule has 39 heavy (non-hydrogen) atoms. The van der Waals surface area contributed by atoms with E-state index in [0.717, 1.165) is 24.8 Å². The zero-order chi connectivity index (χ0) is 27.8. The molecule has 6 aliphatic rings. The Morgan fingerprint density at radius 1 is 1.08 bits per heavy atom. The zero-order valence-electron chi connectivity index (χ0n) is 23.5. The largest absolute Gasteiger partial charge is 0.458 e. The minimum atomic E-state index is -1.09. The first-order valence-electron chi connectivity index (χ1n) is 14.9. The van der Waals surface area contributed by atoms with E-state index in [1.165, 1.54) is 0 Å². The van der Waals surface area contributed by atoms with Crippen molar-refractivity contribution in [2.75, 3.05) is 20.3 Å². The Bertz CT molecular complexity index is 1000. The monoisotopic (exact) mass is 550 g/mol. The van der Waals surface area contributed by atoms with Crippen LogP contribution in [0.3, 0.4) is 0 Å². The van der Waals surface area contributed by atoms with Crippen molar-refractivity contribution < 1.29 is 44.2 Å². The maximum absolute atomic E-state index is 12.4. The molecule has 0 radical (unpaired) electrons. The molecule has 2 aliphatic heterocycles. The Balaban J connectivity index is 1.20. The van der Waals surface area contributed by atoms with Crippen LogP contribution in [0.4, 0.5) is 0 Å². The van der Waals surface area contributed by atoms with Crippen LogP contribution in [0.25, 0.3) is 0 Å². The van der Waals surface area contributed by atoms with E-state index in [9.17, 15) is 25.2 Å². The number of hydrogen-bond acceptors (Lipinski definition) is 9. The van der Waals surface area contributed by atoms with Crippen LogP contribution in [0.1, 0.15) is 78.1 Å². The van der Waals surface area contributed by atoms with E-state index >= 15 is 0 Å². The summed E-state index contributed by atoms with van der Waals surface area (Å²) in [7, 11) is 1.58. The van der Waals surface area contributed by atoms with Crippen molar-refractivity contribution >= 4 is 5.97 Å². The Morgan fingerprint density at radius 3 is 2.54 bits per heavy atom. The van der Waals surface area contributed by atoms with Crippen molar-refractivity contribution in [2.45, 2.75) is 120 Å². The molecule has 4 saturated carbocycles. The van der Waals surface area contributed by atoms with E-state index < -0.39 is 35.1 Å². The standard InChI is InChI=1S/C30H46O9/c1-17-26(33)23(36-3)13-25(38-17)39-19-4-9-28(16-31)21-5-8-27(2)20(18-12-24(32)37-15-18)7-11-30(27,35)22(21)6-10-29(28,34)14-19/h12,17,19-23,25-26,31,33-35H,4-11,13-16H2,1-3H3/t17-,19+,20-,21+,22-,23+,25+,26+,27-,28+,29+,30+/m1/s1. The average molecular weight is 551 g/mol. The normalized spacial score (nSPS) is 53.4. The van der Waals surface area contributed by atoms with Gasteiger partial charge in [0.15, 0.2) is 6.29 Å². The van der Waals surface area contributed by atoms with Crippen molar-refractivity contribution in [2.24, 2.45) is 28.6 Å². The summed E-state index contributed by atoms with van der Waals surface area (Å²) >= 11 is 0. The lowest BCUT2D eigenvalue weighted by Gasteiger charge is -2.66. The smallest absolute Gasteiger partial charge is 0.331 e. The van der Waals surface area contributed by atoms with Gasteiger partial charge in [0.25, 0.3) is 0 Å². The number of esters is 1. The lowest BCUT2D eigenvalue weighted by atomic mass is 9.41. The predicted octanol–water partition coefficient (Wildman–Crippen LogP) is 2.23. The van der Waals surface area contributed by atoms with Crippen LogP contribution in [0.2, 0.25) is 0 Å². The molecule has 0 amide bonds. The van der Waals surface area contributed by atoms with Crippen LogP contribution in [-0.4, -0.2) is 88.6 Å². The summed E-state index contributed by atoms with van der Waals surface area (Å²) in [6.07, 6.45) is 5.82. The van der Waals surface area contributed by atoms with Crippen LogP contribution in [0.5, 0.6) is 0 Å².